The summed E-state index contributed by atoms with van der Waals surface area (Å²) < 4.78 is 49.7. The van der Waals surface area contributed by atoms with Crippen molar-refractivity contribution in [2.45, 2.75) is 0 Å². The summed E-state index contributed by atoms with van der Waals surface area (Å²) in [5.41, 5.74) is 0.125. The van der Waals surface area contributed by atoms with Crippen molar-refractivity contribution in [3.05, 3.63) is 59.4 Å². The molecule has 0 radical (unpaired) electrons. The molecule has 0 unspecified atom stereocenters. The van der Waals surface area contributed by atoms with E-state index in [9.17, 15) is 22.8 Å². The Morgan fingerprint density at radius 2 is 1.71 bits per heavy atom. The molecule has 0 aliphatic rings. The molecule has 9 heteroatoms. The van der Waals surface area contributed by atoms with Gasteiger partial charge >= 0.3 is 0 Å². The number of nitrogens with one attached hydrogen (secondary N) is 2. The number of amides is 2. The van der Waals surface area contributed by atoms with Crippen LogP contribution in [-0.2, 0) is 9.59 Å². The summed E-state index contributed by atoms with van der Waals surface area (Å²) >= 11 is 0. The average Bonchev–Trinajstić information content (AvgIpc) is 2.70. The number of anilines is 1. The largest absolute Gasteiger partial charge is 0.493 e. The van der Waals surface area contributed by atoms with Crippen molar-refractivity contribution in [1.82, 2.24) is 5.32 Å². The Balaban J connectivity index is 1.91. The van der Waals surface area contributed by atoms with Gasteiger partial charge in [0, 0.05) is 6.08 Å². The second-order valence-corrected chi connectivity index (χ2v) is 5.44. The molecule has 0 aliphatic heterocycles. The molecular weight excluding hydrogens is 377 g/mol. The van der Waals surface area contributed by atoms with Crippen LogP contribution in [0.25, 0.3) is 6.08 Å². The number of halogens is 3. The first kappa shape index (κ1) is 20.8. The summed E-state index contributed by atoms with van der Waals surface area (Å²) in [4.78, 5) is 23.5. The van der Waals surface area contributed by atoms with Crippen molar-refractivity contribution in [3.63, 3.8) is 0 Å². The lowest BCUT2D eigenvalue weighted by Crippen LogP contribution is -2.32. The maximum Gasteiger partial charge on any atom is 0.244 e. The minimum atomic E-state index is -1.69. The van der Waals surface area contributed by atoms with Crippen molar-refractivity contribution in [2.75, 3.05) is 26.1 Å². The molecule has 0 heterocycles. The van der Waals surface area contributed by atoms with Crippen LogP contribution in [0.2, 0.25) is 0 Å². The standard InChI is InChI=1S/C19H17F3N2O4/c1-27-14-7-3-11(9-15(14)28-2)4-8-16(25)23-10-17(26)24-13-6-5-12(20)18(21)19(13)22/h3-9H,10H2,1-2H3,(H,23,25)(H,24,26)/b8-4+. The third-order valence-corrected chi connectivity index (χ3v) is 3.57. The number of methoxy groups -OCH3 is 2. The van der Waals surface area contributed by atoms with E-state index in [1.54, 1.807) is 18.2 Å². The molecule has 0 aliphatic carbocycles. The van der Waals surface area contributed by atoms with Gasteiger partial charge in [-0.3, -0.25) is 9.59 Å². The van der Waals surface area contributed by atoms with Gasteiger partial charge in [-0.1, -0.05) is 6.07 Å². The molecule has 0 saturated heterocycles. The topological polar surface area (TPSA) is 76.7 Å². The number of hydrogen-bond donors (Lipinski definition) is 2. The van der Waals surface area contributed by atoms with Gasteiger partial charge in [0.1, 0.15) is 0 Å². The van der Waals surface area contributed by atoms with Crippen LogP contribution in [-0.4, -0.2) is 32.6 Å². The summed E-state index contributed by atoms with van der Waals surface area (Å²) in [6, 6.07) is 6.58. The Bertz CT molecular complexity index is 916. The van der Waals surface area contributed by atoms with Crippen molar-refractivity contribution >= 4 is 23.6 Å². The number of ether oxygens (including phenoxy) is 2. The molecule has 28 heavy (non-hydrogen) atoms. The Labute approximate surface area is 158 Å². The zero-order valence-corrected chi connectivity index (χ0v) is 15.0. The third kappa shape index (κ3) is 5.26. The van der Waals surface area contributed by atoms with Crippen LogP contribution in [0.4, 0.5) is 18.9 Å². The van der Waals surface area contributed by atoms with Crippen LogP contribution < -0.4 is 20.1 Å². The molecular formula is C19H17F3N2O4. The van der Waals surface area contributed by atoms with Gasteiger partial charge in [0.2, 0.25) is 11.8 Å². The smallest absolute Gasteiger partial charge is 0.244 e. The van der Waals surface area contributed by atoms with E-state index in [0.29, 0.717) is 23.1 Å². The minimum absolute atomic E-state index is 0.484. The van der Waals surface area contributed by atoms with Crippen molar-refractivity contribution in [2.24, 2.45) is 0 Å². The molecule has 148 valence electrons. The van der Waals surface area contributed by atoms with Gasteiger partial charge in [-0.05, 0) is 35.9 Å². The molecule has 6 nitrogen and oxygen atoms in total. The summed E-state index contributed by atoms with van der Waals surface area (Å²) in [5.74, 6) is -4.96. The average molecular weight is 394 g/mol. The molecule has 0 atom stereocenters. The van der Waals surface area contributed by atoms with Gasteiger partial charge in [0.25, 0.3) is 0 Å². The van der Waals surface area contributed by atoms with E-state index in [4.69, 9.17) is 9.47 Å². The van der Waals surface area contributed by atoms with Crippen molar-refractivity contribution < 1.29 is 32.2 Å². The second kappa shape index (κ2) is 9.45. The highest BCUT2D eigenvalue weighted by Gasteiger charge is 2.15. The van der Waals surface area contributed by atoms with Gasteiger partial charge in [-0.2, -0.15) is 0 Å². The molecule has 2 rings (SSSR count). The zero-order chi connectivity index (χ0) is 20.7. The highest BCUT2D eigenvalue weighted by molar-refractivity contribution is 5.98. The SMILES string of the molecule is COc1ccc(/C=C/C(=O)NCC(=O)Nc2ccc(F)c(F)c2F)cc1OC. The number of carbonyl (C=O) groups is 2. The fourth-order valence-electron chi connectivity index (χ4n) is 2.17. The first-order valence-corrected chi connectivity index (χ1v) is 7.97. The highest BCUT2D eigenvalue weighted by atomic mass is 19.2. The van der Waals surface area contributed by atoms with E-state index in [2.05, 4.69) is 5.32 Å². The molecule has 0 saturated carbocycles. The molecule has 0 spiro atoms. The number of carbonyl (C=O) groups excluding carboxylic acids is 2. The van der Waals surface area contributed by atoms with E-state index in [-0.39, 0.29) is 0 Å². The number of hydrogen-bond acceptors (Lipinski definition) is 4. The summed E-state index contributed by atoms with van der Waals surface area (Å²) in [7, 11) is 2.98. The van der Waals surface area contributed by atoms with Gasteiger partial charge in [-0.25, -0.2) is 13.2 Å². The third-order valence-electron chi connectivity index (χ3n) is 3.57. The Hall–Kier alpha value is -3.49. The predicted octanol–water partition coefficient (Wildman–Crippen LogP) is 2.89. The molecule has 2 N–H and O–H groups in total. The van der Waals surface area contributed by atoms with E-state index in [1.807, 2.05) is 5.32 Å². The highest BCUT2D eigenvalue weighted by Crippen LogP contribution is 2.27. The lowest BCUT2D eigenvalue weighted by atomic mass is 10.2. The van der Waals surface area contributed by atoms with Crippen molar-refractivity contribution in [3.8, 4) is 11.5 Å². The number of benzene rings is 2. The minimum Gasteiger partial charge on any atom is -0.493 e. The second-order valence-electron chi connectivity index (χ2n) is 5.44. The van der Waals surface area contributed by atoms with Gasteiger partial charge in [-0.15, -0.1) is 0 Å². The van der Waals surface area contributed by atoms with E-state index >= 15 is 0 Å². The van der Waals surface area contributed by atoms with Gasteiger partial charge < -0.3 is 20.1 Å². The zero-order valence-electron chi connectivity index (χ0n) is 15.0. The Kier molecular flexibility index (Phi) is 7.02. The Morgan fingerprint density at radius 3 is 2.39 bits per heavy atom. The van der Waals surface area contributed by atoms with Gasteiger partial charge in [0.05, 0.1) is 26.5 Å². The lowest BCUT2D eigenvalue weighted by Gasteiger charge is -2.08. The quantitative estimate of drug-likeness (QED) is 0.559. The fourth-order valence-corrected chi connectivity index (χ4v) is 2.17. The molecule has 2 aromatic carbocycles. The summed E-state index contributed by atoms with van der Waals surface area (Å²) in [6.45, 7) is -0.493. The van der Waals surface area contributed by atoms with Gasteiger partial charge in [0.15, 0.2) is 29.0 Å². The monoisotopic (exact) mass is 394 g/mol. The molecule has 2 aromatic rings. The van der Waals surface area contributed by atoms with E-state index in [1.165, 1.54) is 26.4 Å². The van der Waals surface area contributed by atoms with Crippen LogP contribution in [0, 0.1) is 17.5 Å². The first-order valence-electron chi connectivity index (χ1n) is 7.97. The van der Waals surface area contributed by atoms with Crippen LogP contribution >= 0.6 is 0 Å². The van der Waals surface area contributed by atoms with Crippen LogP contribution in [0.1, 0.15) is 5.56 Å². The molecule has 0 aromatic heterocycles. The maximum atomic E-state index is 13.5. The fraction of sp³-hybridized carbons (Fsp3) is 0.158. The van der Waals surface area contributed by atoms with Crippen LogP contribution in [0.5, 0.6) is 11.5 Å². The summed E-state index contributed by atoms with van der Waals surface area (Å²) in [6.07, 6.45) is 2.68. The maximum absolute atomic E-state index is 13.5. The Morgan fingerprint density at radius 1 is 1.00 bits per heavy atom. The lowest BCUT2D eigenvalue weighted by molar-refractivity contribution is -0.121. The van der Waals surface area contributed by atoms with E-state index in [0.717, 1.165) is 6.07 Å². The number of rotatable bonds is 7. The predicted molar refractivity (Wildman–Crippen MR) is 96.5 cm³/mol. The first-order chi connectivity index (χ1) is 13.3. The van der Waals surface area contributed by atoms with Crippen molar-refractivity contribution in [1.29, 1.82) is 0 Å². The molecule has 0 fully saturated rings. The normalized spacial score (nSPS) is 10.6. The van der Waals surface area contributed by atoms with E-state index < -0.39 is 41.5 Å². The van der Waals surface area contributed by atoms with Crippen LogP contribution in [0.3, 0.4) is 0 Å². The molecule has 0 bridgehead atoms. The summed E-state index contributed by atoms with van der Waals surface area (Å²) in [5, 5.41) is 4.33. The molecule has 2 amide bonds. The van der Waals surface area contributed by atoms with Crippen LogP contribution in [0.15, 0.2) is 36.4 Å².